The number of aryl methyl sites for hydroxylation is 1. The molecular weight excluding hydrogens is 332 g/mol. The molecule has 0 saturated carbocycles. The lowest BCUT2D eigenvalue weighted by Gasteiger charge is -2.22. The molecular formula is C19H26N4O3. The Balaban J connectivity index is 1.37. The fraction of sp³-hybridized carbons (Fsp3) is 0.474. The highest BCUT2D eigenvalue weighted by atomic mass is 16.5. The van der Waals surface area contributed by atoms with Crippen LogP contribution in [-0.2, 0) is 18.2 Å². The molecule has 0 bridgehead atoms. The van der Waals surface area contributed by atoms with Gasteiger partial charge >= 0.3 is 6.03 Å². The van der Waals surface area contributed by atoms with E-state index in [0.29, 0.717) is 13.2 Å². The molecule has 26 heavy (non-hydrogen) atoms. The van der Waals surface area contributed by atoms with Crippen molar-refractivity contribution in [2.24, 2.45) is 7.05 Å². The molecule has 1 saturated heterocycles. The number of benzene rings is 1. The number of nitrogens with one attached hydrogen (secondary N) is 2. The summed E-state index contributed by atoms with van der Waals surface area (Å²) in [5.74, 6) is 0.779. The molecule has 1 aromatic carbocycles. The van der Waals surface area contributed by atoms with Crippen molar-refractivity contribution in [2.45, 2.75) is 31.8 Å². The quantitative estimate of drug-likeness (QED) is 0.798. The SMILES string of the molecule is Cn1nccc1CCNC(=O)Nc1ccc(OCC2CCCCO2)cc1. The van der Waals surface area contributed by atoms with Gasteiger partial charge in [0.2, 0.25) is 0 Å². The summed E-state index contributed by atoms with van der Waals surface area (Å²) in [5, 5.41) is 9.76. The van der Waals surface area contributed by atoms with Crippen LogP contribution in [0.1, 0.15) is 25.0 Å². The first-order valence-electron chi connectivity index (χ1n) is 9.07. The minimum absolute atomic E-state index is 0.187. The highest BCUT2D eigenvalue weighted by Crippen LogP contribution is 2.18. The summed E-state index contributed by atoms with van der Waals surface area (Å²) in [6.07, 6.45) is 6.07. The second kappa shape index (κ2) is 9.24. The van der Waals surface area contributed by atoms with Crippen LogP contribution in [0.4, 0.5) is 10.5 Å². The van der Waals surface area contributed by atoms with E-state index in [4.69, 9.17) is 9.47 Å². The maximum Gasteiger partial charge on any atom is 0.319 e. The molecule has 1 aliphatic heterocycles. The Bertz CT molecular complexity index is 693. The Morgan fingerprint density at radius 2 is 2.15 bits per heavy atom. The minimum Gasteiger partial charge on any atom is -0.491 e. The van der Waals surface area contributed by atoms with Gasteiger partial charge in [-0.25, -0.2) is 4.79 Å². The number of hydrogen-bond donors (Lipinski definition) is 2. The number of anilines is 1. The van der Waals surface area contributed by atoms with Gasteiger partial charge in [0.05, 0.1) is 6.10 Å². The number of amides is 2. The molecule has 2 amide bonds. The molecule has 1 aromatic heterocycles. The molecule has 1 atom stereocenters. The van der Waals surface area contributed by atoms with Crippen LogP contribution in [0.15, 0.2) is 36.5 Å². The van der Waals surface area contributed by atoms with Crippen molar-refractivity contribution in [3.63, 3.8) is 0 Å². The van der Waals surface area contributed by atoms with Crippen LogP contribution in [0, 0.1) is 0 Å². The van der Waals surface area contributed by atoms with Gasteiger partial charge in [0.15, 0.2) is 0 Å². The number of carbonyl (C=O) groups excluding carboxylic acids is 1. The van der Waals surface area contributed by atoms with Crippen LogP contribution >= 0.6 is 0 Å². The van der Waals surface area contributed by atoms with Gasteiger partial charge in [-0.2, -0.15) is 5.10 Å². The van der Waals surface area contributed by atoms with Crippen molar-refractivity contribution in [2.75, 3.05) is 25.1 Å². The zero-order valence-corrected chi connectivity index (χ0v) is 15.1. The third-order valence-corrected chi connectivity index (χ3v) is 4.41. The molecule has 0 radical (unpaired) electrons. The third-order valence-electron chi connectivity index (χ3n) is 4.41. The van der Waals surface area contributed by atoms with Crippen molar-refractivity contribution < 1.29 is 14.3 Å². The van der Waals surface area contributed by atoms with Gasteiger partial charge in [0.25, 0.3) is 0 Å². The van der Waals surface area contributed by atoms with E-state index in [9.17, 15) is 4.79 Å². The highest BCUT2D eigenvalue weighted by Gasteiger charge is 2.14. The Labute approximate surface area is 153 Å². The van der Waals surface area contributed by atoms with Crippen molar-refractivity contribution in [1.82, 2.24) is 15.1 Å². The predicted molar refractivity (Wildman–Crippen MR) is 99.5 cm³/mol. The topological polar surface area (TPSA) is 77.4 Å². The van der Waals surface area contributed by atoms with Gasteiger partial charge < -0.3 is 20.1 Å². The number of carbonyl (C=O) groups is 1. The van der Waals surface area contributed by atoms with Gasteiger partial charge in [0, 0.05) is 44.2 Å². The normalized spacial score (nSPS) is 16.9. The standard InChI is InChI=1S/C19H26N4O3/c1-23-16(10-12-21-23)9-11-20-19(24)22-15-5-7-17(8-6-15)26-14-18-4-2-3-13-25-18/h5-8,10,12,18H,2-4,9,11,13-14H2,1H3,(H2,20,22,24). The van der Waals surface area contributed by atoms with Gasteiger partial charge in [-0.3, -0.25) is 4.68 Å². The molecule has 0 spiro atoms. The average molecular weight is 358 g/mol. The first kappa shape index (κ1) is 18.3. The summed E-state index contributed by atoms with van der Waals surface area (Å²) in [6, 6.07) is 9.09. The number of aromatic nitrogens is 2. The van der Waals surface area contributed by atoms with Gasteiger partial charge in [-0.05, 0) is 49.6 Å². The fourth-order valence-electron chi connectivity index (χ4n) is 2.89. The molecule has 1 unspecified atom stereocenters. The molecule has 7 nitrogen and oxygen atoms in total. The summed E-state index contributed by atoms with van der Waals surface area (Å²) < 4.78 is 13.2. The van der Waals surface area contributed by atoms with E-state index in [1.807, 2.05) is 37.4 Å². The van der Waals surface area contributed by atoms with Crippen molar-refractivity contribution >= 4 is 11.7 Å². The fourth-order valence-corrected chi connectivity index (χ4v) is 2.89. The van der Waals surface area contributed by atoms with E-state index in [1.165, 1.54) is 6.42 Å². The second-order valence-electron chi connectivity index (χ2n) is 6.40. The second-order valence-corrected chi connectivity index (χ2v) is 6.40. The molecule has 0 aliphatic carbocycles. The van der Waals surface area contributed by atoms with E-state index in [-0.39, 0.29) is 12.1 Å². The minimum atomic E-state index is -0.226. The molecule has 1 aliphatic rings. The summed E-state index contributed by atoms with van der Waals surface area (Å²) >= 11 is 0. The Morgan fingerprint density at radius 3 is 2.85 bits per heavy atom. The van der Waals surface area contributed by atoms with Gasteiger partial charge in [-0.15, -0.1) is 0 Å². The number of hydrogen-bond acceptors (Lipinski definition) is 4. The van der Waals surface area contributed by atoms with Crippen LogP contribution in [0.25, 0.3) is 0 Å². The van der Waals surface area contributed by atoms with Crippen molar-refractivity contribution in [1.29, 1.82) is 0 Å². The first-order chi connectivity index (χ1) is 12.7. The largest absolute Gasteiger partial charge is 0.491 e. The van der Waals surface area contributed by atoms with Crippen molar-refractivity contribution in [3.05, 3.63) is 42.2 Å². The summed E-state index contributed by atoms with van der Waals surface area (Å²) in [7, 11) is 1.89. The third kappa shape index (κ3) is 5.49. The van der Waals surface area contributed by atoms with Gasteiger partial charge in [0.1, 0.15) is 12.4 Å². The highest BCUT2D eigenvalue weighted by molar-refractivity contribution is 5.89. The first-order valence-corrected chi connectivity index (χ1v) is 9.07. The lowest BCUT2D eigenvalue weighted by Crippen LogP contribution is -2.30. The number of nitrogens with zero attached hydrogens (tertiary/aromatic N) is 2. The lowest BCUT2D eigenvalue weighted by atomic mass is 10.1. The predicted octanol–water partition coefficient (Wildman–Crippen LogP) is 2.73. The molecule has 140 valence electrons. The Hall–Kier alpha value is -2.54. The summed E-state index contributed by atoms with van der Waals surface area (Å²) in [4.78, 5) is 12.0. The van der Waals surface area contributed by atoms with E-state index in [1.54, 1.807) is 10.9 Å². The molecule has 3 rings (SSSR count). The Kier molecular flexibility index (Phi) is 6.49. The van der Waals surface area contributed by atoms with Crippen LogP contribution in [0.5, 0.6) is 5.75 Å². The molecule has 7 heteroatoms. The smallest absolute Gasteiger partial charge is 0.319 e. The number of rotatable bonds is 7. The van der Waals surface area contributed by atoms with E-state index >= 15 is 0 Å². The van der Waals surface area contributed by atoms with E-state index in [2.05, 4.69) is 15.7 Å². The lowest BCUT2D eigenvalue weighted by molar-refractivity contribution is -0.0110. The van der Waals surface area contributed by atoms with Crippen molar-refractivity contribution in [3.8, 4) is 5.75 Å². The summed E-state index contributed by atoms with van der Waals surface area (Å²) in [5.41, 5.74) is 1.80. The van der Waals surface area contributed by atoms with E-state index < -0.39 is 0 Å². The van der Waals surface area contributed by atoms with E-state index in [0.717, 1.165) is 43.0 Å². The maximum absolute atomic E-state index is 12.0. The zero-order valence-electron chi connectivity index (χ0n) is 15.1. The monoisotopic (exact) mass is 358 g/mol. The zero-order chi connectivity index (χ0) is 18.2. The van der Waals surface area contributed by atoms with Crippen LogP contribution < -0.4 is 15.4 Å². The molecule has 2 aromatic rings. The van der Waals surface area contributed by atoms with Crippen LogP contribution in [-0.4, -0.2) is 41.7 Å². The number of ether oxygens (including phenoxy) is 2. The van der Waals surface area contributed by atoms with Crippen LogP contribution in [0.3, 0.4) is 0 Å². The molecule has 2 heterocycles. The molecule has 2 N–H and O–H groups in total. The van der Waals surface area contributed by atoms with Crippen LogP contribution in [0.2, 0.25) is 0 Å². The maximum atomic E-state index is 12.0. The average Bonchev–Trinajstić information content (AvgIpc) is 3.07. The summed E-state index contributed by atoms with van der Waals surface area (Å²) in [6.45, 7) is 1.95. The molecule has 1 fully saturated rings. The Morgan fingerprint density at radius 1 is 1.31 bits per heavy atom. The number of urea groups is 1. The van der Waals surface area contributed by atoms with Gasteiger partial charge in [-0.1, -0.05) is 0 Å².